The van der Waals surface area contributed by atoms with Crippen molar-refractivity contribution in [3.8, 4) is 0 Å². The summed E-state index contributed by atoms with van der Waals surface area (Å²) in [6, 6.07) is 11.7. The monoisotopic (exact) mass is 423 g/mol. The van der Waals surface area contributed by atoms with Crippen LogP contribution in [-0.4, -0.2) is 35.2 Å². The first kappa shape index (κ1) is 20.1. The average molecular weight is 423 g/mol. The summed E-state index contributed by atoms with van der Waals surface area (Å²) < 4.78 is 36.3. The number of nitrogens with zero attached hydrogens (tertiary/aromatic N) is 3. The number of pyridine rings is 1. The van der Waals surface area contributed by atoms with Crippen LogP contribution in [0.15, 0.2) is 71.4 Å². The van der Waals surface area contributed by atoms with Gasteiger partial charge >= 0.3 is 0 Å². The molecule has 8 heteroatoms. The van der Waals surface area contributed by atoms with Crippen LogP contribution in [-0.2, 0) is 10.1 Å². The van der Waals surface area contributed by atoms with E-state index in [0.29, 0.717) is 36.5 Å². The molecule has 0 atom stereocenters. The zero-order valence-corrected chi connectivity index (χ0v) is 17.0. The lowest BCUT2D eigenvalue weighted by Crippen LogP contribution is -2.21. The number of allylic oxidation sites excluding steroid dienone is 4. The normalized spacial score (nSPS) is 15.4. The van der Waals surface area contributed by atoms with Crippen LogP contribution in [0.5, 0.6) is 0 Å². The zero-order chi connectivity index (χ0) is 21.0. The van der Waals surface area contributed by atoms with Crippen molar-refractivity contribution in [3.05, 3.63) is 78.5 Å². The van der Waals surface area contributed by atoms with Crippen molar-refractivity contribution in [1.82, 2.24) is 9.97 Å². The number of oxazole rings is 1. The van der Waals surface area contributed by atoms with E-state index in [9.17, 15) is 8.42 Å². The molecule has 3 heterocycles. The van der Waals surface area contributed by atoms with Gasteiger partial charge in [-0.25, -0.2) is 4.98 Å². The van der Waals surface area contributed by atoms with Gasteiger partial charge in [-0.3, -0.25) is 4.55 Å². The number of aromatic nitrogens is 2. The molecule has 1 aliphatic rings. The van der Waals surface area contributed by atoms with E-state index in [0.717, 1.165) is 16.8 Å². The van der Waals surface area contributed by atoms with Gasteiger partial charge in [0.2, 0.25) is 5.89 Å². The van der Waals surface area contributed by atoms with Crippen LogP contribution in [0.2, 0.25) is 0 Å². The Morgan fingerprint density at radius 2 is 2.00 bits per heavy atom. The second-order valence-corrected chi connectivity index (χ2v) is 8.45. The Labute approximate surface area is 174 Å². The van der Waals surface area contributed by atoms with Gasteiger partial charge in [0.05, 0.1) is 5.75 Å². The number of para-hydroxylation sites is 1. The molecule has 1 aromatic carbocycles. The summed E-state index contributed by atoms with van der Waals surface area (Å²) in [5.41, 5.74) is 4.41. The van der Waals surface area contributed by atoms with Crippen LogP contribution in [0, 0.1) is 0 Å². The SMILES string of the molecule is O=S(=O)(O)CCCCN1C=C/C(=C\C=C\c2nc3ncccc3o2)c2ccccc21. The number of unbranched alkanes of at least 4 members (excludes halogenated alkanes) is 1. The molecule has 0 bridgehead atoms. The summed E-state index contributed by atoms with van der Waals surface area (Å²) in [5.74, 6) is 0.280. The molecule has 7 nitrogen and oxygen atoms in total. The Morgan fingerprint density at radius 3 is 2.83 bits per heavy atom. The first-order chi connectivity index (χ1) is 14.5. The summed E-state index contributed by atoms with van der Waals surface area (Å²) in [6.45, 7) is 0.669. The van der Waals surface area contributed by atoms with Gasteiger partial charge in [-0.2, -0.15) is 13.4 Å². The Bertz CT molecular complexity index is 1210. The van der Waals surface area contributed by atoms with E-state index >= 15 is 0 Å². The third-order valence-corrected chi connectivity index (χ3v) is 5.51. The van der Waals surface area contributed by atoms with Crippen LogP contribution in [0.25, 0.3) is 22.9 Å². The highest BCUT2D eigenvalue weighted by atomic mass is 32.2. The smallest absolute Gasteiger partial charge is 0.264 e. The largest absolute Gasteiger partial charge is 0.435 e. The third-order valence-electron chi connectivity index (χ3n) is 4.71. The number of rotatable bonds is 7. The van der Waals surface area contributed by atoms with E-state index in [4.69, 9.17) is 8.97 Å². The molecule has 2 aromatic heterocycles. The van der Waals surface area contributed by atoms with Gasteiger partial charge in [-0.1, -0.05) is 30.4 Å². The number of benzene rings is 1. The molecule has 0 saturated heterocycles. The fraction of sp³-hybridized carbons (Fsp3) is 0.182. The second kappa shape index (κ2) is 8.64. The highest BCUT2D eigenvalue weighted by Crippen LogP contribution is 2.33. The predicted molar refractivity (Wildman–Crippen MR) is 117 cm³/mol. The lowest BCUT2D eigenvalue weighted by molar-refractivity contribution is 0.480. The molecule has 0 radical (unpaired) electrons. The van der Waals surface area contributed by atoms with E-state index in [1.165, 1.54) is 0 Å². The lowest BCUT2D eigenvalue weighted by atomic mass is 9.99. The molecule has 3 aromatic rings. The summed E-state index contributed by atoms with van der Waals surface area (Å²) in [5, 5.41) is 0. The maximum absolute atomic E-state index is 10.9. The fourth-order valence-electron chi connectivity index (χ4n) is 3.31. The minimum Gasteiger partial charge on any atom is -0.435 e. The standard InChI is InChI=1S/C22H21N3O4S/c26-30(27,28)16-4-3-14-25-15-12-17(18-8-1-2-9-19(18)25)7-5-11-21-24-22-20(29-21)10-6-13-23-22/h1-2,5-13,15H,3-4,14,16H2,(H,26,27,28)/b11-5+,17-7+. The quantitative estimate of drug-likeness (QED) is 0.446. The molecule has 0 fully saturated rings. The summed E-state index contributed by atoms with van der Waals surface area (Å²) in [6.07, 6.45) is 12.4. The maximum atomic E-state index is 10.9. The maximum Gasteiger partial charge on any atom is 0.264 e. The van der Waals surface area contributed by atoms with Crippen LogP contribution in [0.3, 0.4) is 0 Å². The molecular formula is C22H21N3O4S. The minimum absolute atomic E-state index is 0.215. The van der Waals surface area contributed by atoms with Gasteiger partial charge in [0, 0.05) is 36.3 Å². The summed E-state index contributed by atoms with van der Waals surface area (Å²) in [4.78, 5) is 10.6. The van der Waals surface area contributed by atoms with Gasteiger partial charge in [0.15, 0.2) is 11.2 Å². The van der Waals surface area contributed by atoms with Crippen LogP contribution < -0.4 is 4.90 Å². The average Bonchev–Trinajstić information content (AvgIpc) is 3.14. The Hall–Kier alpha value is -3.23. The summed E-state index contributed by atoms with van der Waals surface area (Å²) in [7, 11) is -3.91. The molecule has 154 valence electrons. The van der Waals surface area contributed by atoms with Crippen molar-refractivity contribution in [1.29, 1.82) is 0 Å². The van der Waals surface area contributed by atoms with Gasteiger partial charge in [0.25, 0.3) is 10.1 Å². The van der Waals surface area contributed by atoms with Crippen LogP contribution >= 0.6 is 0 Å². The first-order valence-corrected chi connectivity index (χ1v) is 11.2. The summed E-state index contributed by atoms with van der Waals surface area (Å²) >= 11 is 0. The molecule has 0 unspecified atom stereocenters. The number of anilines is 1. The molecule has 1 aliphatic heterocycles. The van der Waals surface area contributed by atoms with E-state index in [-0.39, 0.29) is 5.75 Å². The number of fused-ring (bicyclic) bond motifs is 2. The Morgan fingerprint density at radius 1 is 1.13 bits per heavy atom. The lowest BCUT2D eigenvalue weighted by Gasteiger charge is -2.27. The zero-order valence-electron chi connectivity index (χ0n) is 16.2. The van der Waals surface area contributed by atoms with Crippen molar-refractivity contribution in [2.75, 3.05) is 17.2 Å². The van der Waals surface area contributed by atoms with Gasteiger partial charge < -0.3 is 9.32 Å². The van der Waals surface area contributed by atoms with E-state index in [1.54, 1.807) is 18.3 Å². The van der Waals surface area contributed by atoms with E-state index < -0.39 is 10.1 Å². The van der Waals surface area contributed by atoms with Crippen LogP contribution in [0.4, 0.5) is 5.69 Å². The Balaban J connectivity index is 1.48. The fourth-order valence-corrected chi connectivity index (χ4v) is 3.88. The van der Waals surface area contributed by atoms with Gasteiger partial charge in [0.1, 0.15) is 0 Å². The molecule has 0 amide bonds. The first-order valence-electron chi connectivity index (χ1n) is 9.59. The topological polar surface area (TPSA) is 96.5 Å². The van der Waals surface area contributed by atoms with E-state index in [2.05, 4.69) is 14.9 Å². The van der Waals surface area contributed by atoms with Crippen molar-refractivity contribution >= 4 is 38.7 Å². The molecule has 1 N–H and O–H groups in total. The highest BCUT2D eigenvalue weighted by Gasteiger charge is 2.15. The minimum atomic E-state index is -3.91. The molecule has 4 rings (SSSR count). The van der Waals surface area contributed by atoms with Crippen LogP contribution in [0.1, 0.15) is 24.3 Å². The highest BCUT2D eigenvalue weighted by molar-refractivity contribution is 7.85. The molecule has 0 aliphatic carbocycles. The number of hydrogen-bond donors (Lipinski definition) is 1. The molecule has 30 heavy (non-hydrogen) atoms. The van der Waals surface area contributed by atoms with Crippen molar-refractivity contribution in [2.24, 2.45) is 0 Å². The second-order valence-electron chi connectivity index (χ2n) is 6.88. The van der Waals surface area contributed by atoms with Gasteiger partial charge in [-0.15, -0.1) is 0 Å². The Kier molecular flexibility index (Phi) is 5.78. The molecular weight excluding hydrogens is 402 g/mol. The molecule has 0 saturated carbocycles. The van der Waals surface area contributed by atoms with Crippen molar-refractivity contribution in [3.63, 3.8) is 0 Å². The third kappa shape index (κ3) is 4.84. The predicted octanol–water partition coefficient (Wildman–Crippen LogP) is 4.32. The van der Waals surface area contributed by atoms with Gasteiger partial charge in [-0.05, 0) is 42.7 Å². The molecule has 0 spiro atoms. The van der Waals surface area contributed by atoms with Crippen molar-refractivity contribution in [2.45, 2.75) is 12.8 Å². The number of hydrogen-bond acceptors (Lipinski definition) is 6. The van der Waals surface area contributed by atoms with E-state index in [1.807, 2.05) is 54.8 Å². The van der Waals surface area contributed by atoms with Crippen molar-refractivity contribution < 1.29 is 17.4 Å².